The minimum atomic E-state index is -0.581. The number of aryl methyl sites for hydroxylation is 1. The van der Waals surface area contributed by atoms with Crippen molar-refractivity contribution in [3.8, 4) is 0 Å². The van der Waals surface area contributed by atoms with Gasteiger partial charge in [0.2, 0.25) is 5.91 Å². The zero-order valence-corrected chi connectivity index (χ0v) is 18.1. The van der Waals surface area contributed by atoms with Crippen LogP contribution < -0.4 is 5.32 Å². The second-order valence-corrected chi connectivity index (χ2v) is 7.46. The van der Waals surface area contributed by atoms with Gasteiger partial charge in [0.25, 0.3) is 0 Å². The third-order valence-electron chi connectivity index (χ3n) is 5.19. The predicted octanol–water partition coefficient (Wildman–Crippen LogP) is 2.47. The summed E-state index contributed by atoms with van der Waals surface area (Å²) in [7, 11) is 0. The van der Waals surface area contributed by atoms with Crippen LogP contribution in [-0.4, -0.2) is 61.1 Å². The molecule has 0 radical (unpaired) electrons. The van der Waals surface area contributed by atoms with Crippen LogP contribution in [0.4, 0.5) is 0 Å². The van der Waals surface area contributed by atoms with E-state index in [0.717, 1.165) is 24.8 Å². The maximum Gasteiger partial charge on any atom is 0.325 e. The van der Waals surface area contributed by atoms with E-state index in [4.69, 9.17) is 9.47 Å². The van der Waals surface area contributed by atoms with Crippen molar-refractivity contribution in [1.29, 1.82) is 0 Å². The summed E-state index contributed by atoms with van der Waals surface area (Å²) in [5.41, 5.74) is 1.13. The molecule has 0 saturated carbocycles. The molecular formula is C23H34N2O5. The third-order valence-corrected chi connectivity index (χ3v) is 5.19. The molecule has 7 nitrogen and oxygen atoms in total. The standard InChI is InChI=1S/C23H34N2O5/c1-3-29-21(26)17-25-16-10-6-9-13-19(22(25)27)24-20(23(28)30-4-2)15-14-18-11-7-5-8-12-18/h5,7-8,11-12,19-20,24H,3-4,6,9-10,13-17H2,1-2H3. The Morgan fingerprint density at radius 3 is 2.53 bits per heavy atom. The van der Waals surface area contributed by atoms with Gasteiger partial charge in [-0.3, -0.25) is 19.7 Å². The molecule has 1 aromatic rings. The van der Waals surface area contributed by atoms with E-state index < -0.39 is 18.1 Å². The molecule has 1 amide bonds. The minimum Gasteiger partial charge on any atom is -0.465 e. The summed E-state index contributed by atoms with van der Waals surface area (Å²) >= 11 is 0. The van der Waals surface area contributed by atoms with Crippen LogP contribution in [0.1, 0.15) is 51.5 Å². The first-order valence-corrected chi connectivity index (χ1v) is 11.0. The SMILES string of the molecule is CCOC(=O)CN1CCCCCC(NC(CCc2ccccc2)C(=O)OCC)C1=O. The number of nitrogens with one attached hydrogen (secondary N) is 1. The fraction of sp³-hybridized carbons (Fsp3) is 0.609. The average molecular weight is 419 g/mol. The van der Waals surface area contributed by atoms with Crippen molar-refractivity contribution < 1.29 is 23.9 Å². The quantitative estimate of drug-likeness (QED) is 0.588. The predicted molar refractivity (Wildman–Crippen MR) is 114 cm³/mol. The first-order chi connectivity index (χ1) is 14.5. The number of amides is 1. The lowest BCUT2D eigenvalue weighted by Gasteiger charge is -2.31. The highest BCUT2D eigenvalue weighted by molar-refractivity contribution is 5.86. The van der Waals surface area contributed by atoms with Crippen LogP contribution >= 0.6 is 0 Å². The molecule has 1 saturated heterocycles. The summed E-state index contributed by atoms with van der Waals surface area (Å²) < 4.78 is 10.3. The van der Waals surface area contributed by atoms with E-state index in [1.165, 1.54) is 0 Å². The Morgan fingerprint density at radius 1 is 1.10 bits per heavy atom. The number of esters is 2. The summed E-state index contributed by atoms with van der Waals surface area (Å²) in [6.07, 6.45) is 4.58. The fourth-order valence-corrected chi connectivity index (χ4v) is 3.67. The van der Waals surface area contributed by atoms with Crippen LogP contribution in [-0.2, 0) is 30.3 Å². The molecule has 0 bridgehead atoms. The van der Waals surface area contributed by atoms with Crippen LogP contribution in [0.25, 0.3) is 0 Å². The molecule has 2 atom stereocenters. The van der Waals surface area contributed by atoms with E-state index in [2.05, 4.69) is 5.32 Å². The molecule has 0 aliphatic carbocycles. The van der Waals surface area contributed by atoms with E-state index in [1.54, 1.807) is 18.7 Å². The van der Waals surface area contributed by atoms with Gasteiger partial charge < -0.3 is 14.4 Å². The lowest BCUT2D eigenvalue weighted by atomic mass is 10.00. The lowest BCUT2D eigenvalue weighted by Crippen LogP contribution is -2.54. The van der Waals surface area contributed by atoms with Gasteiger partial charge in [-0.1, -0.05) is 43.2 Å². The summed E-state index contributed by atoms with van der Waals surface area (Å²) in [6.45, 7) is 4.55. The van der Waals surface area contributed by atoms with E-state index >= 15 is 0 Å². The molecule has 1 heterocycles. The molecule has 2 unspecified atom stereocenters. The Hall–Kier alpha value is -2.41. The Kier molecular flexibility index (Phi) is 10.3. The Morgan fingerprint density at radius 2 is 1.83 bits per heavy atom. The molecule has 1 N–H and O–H groups in total. The number of hydrogen-bond donors (Lipinski definition) is 1. The Labute approximate surface area is 179 Å². The zero-order valence-electron chi connectivity index (χ0n) is 18.1. The van der Waals surface area contributed by atoms with Gasteiger partial charge in [0.05, 0.1) is 19.3 Å². The number of ether oxygens (including phenoxy) is 2. The molecule has 7 heteroatoms. The summed E-state index contributed by atoms with van der Waals surface area (Å²) in [6, 6.07) is 8.82. The van der Waals surface area contributed by atoms with Crippen LogP contribution in [0.15, 0.2) is 30.3 Å². The summed E-state index contributed by atoms with van der Waals surface area (Å²) in [4.78, 5) is 39.2. The molecule has 1 aliphatic heterocycles. The molecular weight excluding hydrogens is 384 g/mol. The maximum absolute atomic E-state index is 13.1. The molecule has 2 rings (SSSR count). The van der Waals surface area contributed by atoms with Gasteiger partial charge in [-0.15, -0.1) is 0 Å². The first-order valence-electron chi connectivity index (χ1n) is 11.0. The maximum atomic E-state index is 13.1. The van der Waals surface area contributed by atoms with Crippen LogP contribution in [0.2, 0.25) is 0 Å². The number of rotatable bonds is 10. The van der Waals surface area contributed by atoms with Gasteiger partial charge in [0, 0.05) is 6.54 Å². The molecule has 30 heavy (non-hydrogen) atoms. The van der Waals surface area contributed by atoms with E-state index in [-0.39, 0.29) is 31.6 Å². The topological polar surface area (TPSA) is 84.9 Å². The number of hydrogen-bond acceptors (Lipinski definition) is 6. The number of benzene rings is 1. The fourth-order valence-electron chi connectivity index (χ4n) is 3.67. The van der Waals surface area contributed by atoms with Crippen LogP contribution in [0.3, 0.4) is 0 Å². The van der Waals surface area contributed by atoms with Gasteiger partial charge >= 0.3 is 11.9 Å². The minimum absolute atomic E-state index is 0.0566. The highest BCUT2D eigenvalue weighted by atomic mass is 16.5. The lowest BCUT2D eigenvalue weighted by molar-refractivity contribution is -0.151. The normalized spacial score (nSPS) is 18.3. The molecule has 166 valence electrons. The highest BCUT2D eigenvalue weighted by Crippen LogP contribution is 2.15. The van der Waals surface area contributed by atoms with Crippen molar-refractivity contribution in [2.45, 2.75) is 64.5 Å². The van der Waals surface area contributed by atoms with E-state index in [1.807, 2.05) is 30.3 Å². The number of nitrogens with zero attached hydrogens (tertiary/aromatic N) is 1. The number of carbonyl (C=O) groups is 3. The second kappa shape index (κ2) is 13.0. The molecule has 1 fully saturated rings. The van der Waals surface area contributed by atoms with Crippen molar-refractivity contribution in [2.24, 2.45) is 0 Å². The second-order valence-electron chi connectivity index (χ2n) is 7.46. The van der Waals surface area contributed by atoms with Gasteiger partial charge in [0.1, 0.15) is 12.6 Å². The molecule has 0 aromatic heterocycles. The van der Waals surface area contributed by atoms with Crippen molar-refractivity contribution >= 4 is 17.8 Å². The van der Waals surface area contributed by atoms with Crippen LogP contribution in [0, 0.1) is 0 Å². The Balaban J connectivity index is 2.08. The van der Waals surface area contributed by atoms with Crippen molar-refractivity contribution in [3.63, 3.8) is 0 Å². The van der Waals surface area contributed by atoms with E-state index in [0.29, 0.717) is 25.8 Å². The smallest absolute Gasteiger partial charge is 0.325 e. The molecule has 0 spiro atoms. The van der Waals surface area contributed by atoms with E-state index in [9.17, 15) is 14.4 Å². The number of likely N-dealkylation sites (tertiary alicyclic amines) is 1. The first kappa shape index (κ1) is 23.9. The average Bonchev–Trinajstić information content (AvgIpc) is 2.73. The van der Waals surface area contributed by atoms with Gasteiger partial charge in [0.15, 0.2) is 0 Å². The zero-order chi connectivity index (χ0) is 21.8. The van der Waals surface area contributed by atoms with Gasteiger partial charge in [-0.2, -0.15) is 0 Å². The van der Waals surface area contributed by atoms with Crippen molar-refractivity contribution in [3.05, 3.63) is 35.9 Å². The summed E-state index contributed by atoms with van der Waals surface area (Å²) in [5.74, 6) is -0.909. The number of carbonyl (C=O) groups excluding carboxylic acids is 3. The van der Waals surface area contributed by atoms with Crippen molar-refractivity contribution in [1.82, 2.24) is 10.2 Å². The largest absolute Gasteiger partial charge is 0.465 e. The van der Waals surface area contributed by atoms with Gasteiger partial charge in [-0.25, -0.2) is 0 Å². The van der Waals surface area contributed by atoms with Gasteiger partial charge in [-0.05, 0) is 45.1 Å². The summed E-state index contributed by atoms with van der Waals surface area (Å²) in [5, 5.41) is 3.25. The Bertz CT molecular complexity index is 679. The molecule has 1 aromatic carbocycles. The molecule has 1 aliphatic rings. The highest BCUT2D eigenvalue weighted by Gasteiger charge is 2.31. The van der Waals surface area contributed by atoms with Crippen molar-refractivity contribution in [2.75, 3.05) is 26.3 Å². The third kappa shape index (κ3) is 7.78. The monoisotopic (exact) mass is 418 g/mol. The van der Waals surface area contributed by atoms with Crippen LogP contribution in [0.5, 0.6) is 0 Å².